The second kappa shape index (κ2) is 5.89. The lowest BCUT2D eigenvalue weighted by atomic mass is 10.1. The second-order valence-corrected chi connectivity index (χ2v) is 4.80. The van der Waals surface area contributed by atoms with Crippen molar-refractivity contribution in [2.45, 2.75) is 6.42 Å². The molecule has 0 aliphatic heterocycles. The van der Waals surface area contributed by atoms with Crippen LogP contribution in [0.4, 0.5) is 0 Å². The molecule has 0 saturated heterocycles. The molecule has 1 aromatic carbocycles. The number of carbonyl (C=O) groups excluding carboxylic acids is 1. The van der Waals surface area contributed by atoms with E-state index in [1.807, 2.05) is 24.3 Å². The van der Waals surface area contributed by atoms with Crippen LogP contribution in [0, 0.1) is 0 Å². The fourth-order valence-electron chi connectivity index (χ4n) is 1.60. The molecule has 0 unspecified atom stereocenters. The van der Waals surface area contributed by atoms with E-state index >= 15 is 0 Å². The summed E-state index contributed by atoms with van der Waals surface area (Å²) in [5.41, 5.74) is 1.40. The zero-order valence-electron chi connectivity index (χ0n) is 9.39. The summed E-state index contributed by atoms with van der Waals surface area (Å²) in [6, 6.07) is 7.53. The Morgan fingerprint density at radius 2 is 2.18 bits per heavy atom. The van der Waals surface area contributed by atoms with Gasteiger partial charge in [-0.25, -0.2) is 0 Å². The van der Waals surface area contributed by atoms with Gasteiger partial charge in [0.15, 0.2) is 5.78 Å². The first-order valence-electron chi connectivity index (χ1n) is 5.51. The van der Waals surface area contributed by atoms with Crippen molar-refractivity contribution in [3.63, 3.8) is 0 Å². The maximum Gasteiger partial charge on any atom is 0.176 e. The molecule has 3 nitrogen and oxygen atoms in total. The summed E-state index contributed by atoms with van der Waals surface area (Å²) in [5.74, 6) is 1.32. The summed E-state index contributed by atoms with van der Waals surface area (Å²) in [4.78, 5) is 11.9. The van der Waals surface area contributed by atoms with Crippen LogP contribution in [0.25, 0.3) is 11.0 Å². The average molecular weight is 250 g/mol. The van der Waals surface area contributed by atoms with Gasteiger partial charge in [-0.3, -0.25) is 4.79 Å². The summed E-state index contributed by atoms with van der Waals surface area (Å²) in [7, 11) is 0. The first-order valence-corrected chi connectivity index (χ1v) is 6.66. The first-order chi connectivity index (χ1) is 8.33. The maximum atomic E-state index is 11.9. The molecular weight excluding hydrogens is 236 g/mol. The van der Waals surface area contributed by atoms with Crippen LogP contribution in [0.2, 0.25) is 0 Å². The Labute approximate surface area is 104 Å². The highest BCUT2D eigenvalue weighted by atomic mass is 32.2. The molecule has 90 valence electrons. The number of rotatable bonds is 6. The molecule has 0 aliphatic carbocycles. The molecule has 1 aromatic heterocycles. The highest BCUT2D eigenvalue weighted by Gasteiger charge is 2.12. The monoisotopic (exact) mass is 250 g/mol. The number of Topliss-reactive ketones (excluding diaryl/α,β-unsaturated/α-hetero) is 1. The number of hydrogen-bond acceptors (Lipinski definition) is 4. The molecule has 0 radical (unpaired) electrons. The van der Waals surface area contributed by atoms with Gasteiger partial charge in [0.1, 0.15) is 11.8 Å². The van der Waals surface area contributed by atoms with Gasteiger partial charge in [-0.05, 0) is 18.2 Å². The first kappa shape index (κ1) is 12.2. The van der Waals surface area contributed by atoms with Gasteiger partial charge in [0, 0.05) is 12.0 Å². The van der Waals surface area contributed by atoms with E-state index in [9.17, 15) is 4.79 Å². The molecule has 0 atom stereocenters. The predicted molar refractivity (Wildman–Crippen MR) is 69.6 cm³/mol. The van der Waals surface area contributed by atoms with Gasteiger partial charge in [0.05, 0.1) is 11.3 Å². The van der Waals surface area contributed by atoms with E-state index in [2.05, 4.69) is 0 Å². The van der Waals surface area contributed by atoms with Gasteiger partial charge in [-0.1, -0.05) is 18.2 Å². The maximum absolute atomic E-state index is 11.9. The third-order valence-electron chi connectivity index (χ3n) is 2.46. The normalized spacial score (nSPS) is 10.9. The molecule has 4 heteroatoms. The topological polar surface area (TPSA) is 50.4 Å². The largest absolute Gasteiger partial charge is 0.464 e. The van der Waals surface area contributed by atoms with Crippen molar-refractivity contribution in [1.82, 2.24) is 0 Å². The highest BCUT2D eigenvalue weighted by molar-refractivity contribution is 7.99. The average Bonchev–Trinajstić information content (AvgIpc) is 2.78. The predicted octanol–water partition coefficient (Wildman–Crippen LogP) is 2.73. The van der Waals surface area contributed by atoms with Crippen molar-refractivity contribution in [3.05, 3.63) is 36.1 Å². The Morgan fingerprint density at radius 1 is 1.35 bits per heavy atom. The summed E-state index contributed by atoms with van der Waals surface area (Å²) in [5, 5.41) is 9.52. The van der Waals surface area contributed by atoms with Crippen molar-refractivity contribution in [2.24, 2.45) is 0 Å². The van der Waals surface area contributed by atoms with Crippen molar-refractivity contribution in [3.8, 4) is 0 Å². The number of fused-ring (bicyclic) bond motifs is 1. The number of benzene rings is 1. The van der Waals surface area contributed by atoms with E-state index in [0.717, 1.165) is 23.1 Å². The van der Waals surface area contributed by atoms with Crippen LogP contribution in [0.3, 0.4) is 0 Å². The number of hydrogen-bond donors (Lipinski definition) is 1. The molecule has 0 saturated carbocycles. The molecule has 1 N–H and O–H groups in total. The summed E-state index contributed by atoms with van der Waals surface area (Å²) in [6.45, 7) is 0.176. The van der Waals surface area contributed by atoms with Crippen LogP contribution in [0.15, 0.2) is 34.9 Å². The van der Waals surface area contributed by atoms with Gasteiger partial charge in [0.2, 0.25) is 0 Å². The molecule has 0 fully saturated rings. The van der Waals surface area contributed by atoms with E-state index in [1.165, 1.54) is 6.26 Å². The number of ketones is 1. The standard InChI is InChI=1S/C13H14O3S/c14-6-3-7-17-9-12(15)11-8-16-13-5-2-1-4-10(11)13/h1-2,4-5,8,14H,3,6-7,9H2. The van der Waals surface area contributed by atoms with Crippen LogP contribution in [-0.4, -0.2) is 29.0 Å². The molecule has 0 amide bonds. The van der Waals surface area contributed by atoms with Crippen molar-refractivity contribution < 1.29 is 14.3 Å². The SMILES string of the molecule is O=C(CSCCCO)c1coc2ccccc12. The molecule has 0 spiro atoms. The number of furan rings is 1. The fourth-order valence-corrected chi connectivity index (χ4v) is 2.42. The van der Waals surface area contributed by atoms with Crippen LogP contribution in [-0.2, 0) is 0 Å². The van der Waals surface area contributed by atoms with Gasteiger partial charge >= 0.3 is 0 Å². The fraction of sp³-hybridized carbons (Fsp3) is 0.308. The molecule has 2 rings (SSSR count). The number of thioether (sulfide) groups is 1. The van der Waals surface area contributed by atoms with Gasteiger partial charge in [-0.2, -0.15) is 11.8 Å². The molecule has 2 aromatic rings. The van der Waals surface area contributed by atoms with E-state index in [1.54, 1.807) is 11.8 Å². The number of aliphatic hydroxyl groups excluding tert-OH is 1. The second-order valence-electron chi connectivity index (χ2n) is 3.70. The van der Waals surface area contributed by atoms with Crippen molar-refractivity contribution >= 4 is 28.5 Å². The molecule has 17 heavy (non-hydrogen) atoms. The van der Waals surface area contributed by atoms with Gasteiger partial charge in [0.25, 0.3) is 0 Å². The summed E-state index contributed by atoms with van der Waals surface area (Å²) < 4.78 is 5.33. The smallest absolute Gasteiger partial charge is 0.176 e. The summed E-state index contributed by atoms with van der Waals surface area (Å²) >= 11 is 1.54. The highest BCUT2D eigenvalue weighted by Crippen LogP contribution is 2.22. The number of para-hydroxylation sites is 1. The van der Waals surface area contributed by atoms with Crippen LogP contribution < -0.4 is 0 Å². The third kappa shape index (κ3) is 2.90. The van der Waals surface area contributed by atoms with Crippen LogP contribution in [0.5, 0.6) is 0 Å². The summed E-state index contributed by atoms with van der Waals surface area (Å²) in [6.07, 6.45) is 2.25. The van der Waals surface area contributed by atoms with Gasteiger partial charge in [-0.15, -0.1) is 0 Å². The Bertz CT molecular complexity index is 504. The molecule has 0 aliphatic rings. The Morgan fingerprint density at radius 3 is 3.00 bits per heavy atom. The van der Waals surface area contributed by atoms with Crippen molar-refractivity contribution in [1.29, 1.82) is 0 Å². The zero-order valence-corrected chi connectivity index (χ0v) is 10.2. The van der Waals surface area contributed by atoms with E-state index < -0.39 is 0 Å². The van der Waals surface area contributed by atoms with Gasteiger partial charge < -0.3 is 9.52 Å². The minimum absolute atomic E-state index is 0.0814. The lowest BCUT2D eigenvalue weighted by Gasteiger charge is -1.98. The van der Waals surface area contributed by atoms with E-state index in [4.69, 9.17) is 9.52 Å². The lowest BCUT2D eigenvalue weighted by Crippen LogP contribution is -2.02. The Hall–Kier alpha value is -1.26. The Balaban J connectivity index is 2.04. The van der Waals surface area contributed by atoms with E-state index in [0.29, 0.717) is 11.3 Å². The molecular formula is C13H14O3S. The van der Waals surface area contributed by atoms with Crippen LogP contribution in [0.1, 0.15) is 16.8 Å². The zero-order chi connectivity index (χ0) is 12.1. The number of aliphatic hydroxyl groups is 1. The number of carbonyl (C=O) groups is 1. The quantitative estimate of drug-likeness (QED) is 0.632. The van der Waals surface area contributed by atoms with Crippen LogP contribution >= 0.6 is 11.8 Å². The minimum Gasteiger partial charge on any atom is -0.464 e. The lowest BCUT2D eigenvalue weighted by molar-refractivity contribution is 0.102. The molecule has 0 bridgehead atoms. The minimum atomic E-state index is 0.0814. The molecule has 1 heterocycles. The Kier molecular flexibility index (Phi) is 4.23. The van der Waals surface area contributed by atoms with E-state index in [-0.39, 0.29) is 12.4 Å². The van der Waals surface area contributed by atoms with Crippen molar-refractivity contribution in [2.75, 3.05) is 18.1 Å². The third-order valence-corrected chi connectivity index (χ3v) is 3.50.